The van der Waals surface area contributed by atoms with Crippen molar-refractivity contribution in [2.45, 2.75) is 25.7 Å². The van der Waals surface area contributed by atoms with Gasteiger partial charge in [0.15, 0.2) is 13.2 Å². The van der Waals surface area contributed by atoms with Crippen molar-refractivity contribution < 1.29 is 19.1 Å². The summed E-state index contributed by atoms with van der Waals surface area (Å²) >= 11 is 11.6. The summed E-state index contributed by atoms with van der Waals surface area (Å²) in [7, 11) is 0. The number of halogens is 2. The Balaban J connectivity index is 1.41. The summed E-state index contributed by atoms with van der Waals surface area (Å²) in [5, 5.41) is 6.89. The molecular weight excluding hydrogens is 427 g/mol. The van der Waals surface area contributed by atoms with Crippen molar-refractivity contribution in [2.75, 3.05) is 26.3 Å². The van der Waals surface area contributed by atoms with Crippen molar-refractivity contribution in [2.24, 2.45) is 0 Å². The molecule has 8 heteroatoms. The zero-order valence-corrected chi connectivity index (χ0v) is 18.2. The van der Waals surface area contributed by atoms with Crippen LogP contribution < -0.4 is 20.1 Å². The first-order valence-corrected chi connectivity index (χ1v) is 10.6. The number of unbranched alkanes of at least 4 members (excludes halogenated alkanes) is 3. The number of carbonyl (C=O) groups is 2. The van der Waals surface area contributed by atoms with E-state index in [1.165, 1.54) is 0 Å². The van der Waals surface area contributed by atoms with E-state index in [9.17, 15) is 9.59 Å². The fourth-order valence-electron chi connectivity index (χ4n) is 2.52. The van der Waals surface area contributed by atoms with Crippen molar-refractivity contribution in [1.82, 2.24) is 10.6 Å². The highest BCUT2D eigenvalue weighted by molar-refractivity contribution is 6.30. The maximum Gasteiger partial charge on any atom is 0.257 e. The Kier molecular flexibility index (Phi) is 10.9. The lowest BCUT2D eigenvalue weighted by Gasteiger charge is -2.08. The number of carbonyl (C=O) groups excluding carboxylic acids is 2. The lowest BCUT2D eigenvalue weighted by Crippen LogP contribution is -2.30. The van der Waals surface area contributed by atoms with Gasteiger partial charge in [-0.05, 0) is 61.4 Å². The third-order valence-electron chi connectivity index (χ3n) is 4.12. The van der Waals surface area contributed by atoms with Crippen molar-refractivity contribution in [3.05, 3.63) is 58.6 Å². The maximum absolute atomic E-state index is 11.7. The van der Waals surface area contributed by atoms with Crippen LogP contribution in [0.5, 0.6) is 11.5 Å². The van der Waals surface area contributed by atoms with E-state index < -0.39 is 0 Å². The van der Waals surface area contributed by atoms with Crippen LogP contribution in [0.1, 0.15) is 25.7 Å². The van der Waals surface area contributed by atoms with Crippen LogP contribution in [0.3, 0.4) is 0 Å². The lowest BCUT2D eigenvalue weighted by atomic mass is 10.2. The predicted molar refractivity (Wildman–Crippen MR) is 118 cm³/mol. The molecule has 2 aromatic carbocycles. The van der Waals surface area contributed by atoms with Gasteiger partial charge in [0.1, 0.15) is 11.5 Å². The van der Waals surface area contributed by atoms with Gasteiger partial charge in [-0.3, -0.25) is 9.59 Å². The third-order valence-corrected chi connectivity index (χ3v) is 4.62. The largest absolute Gasteiger partial charge is 0.484 e. The third kappa shape index (κ3) is 10.4. The van der Waals surface area contributed by atoms with Crippen LogP contribution in [0.2, 0.25) is 10.0 Å². The first-order chi connectivity index (χ1) is 14.5. The molecule has 2 N–H and O–H groups in total. The molecule has 0 aliphatic carbocycles. The Bertz CT molecular complexity index is 715. The number of rotatable bonds is 13. The van der Waals surface area contributed by atoms with E-state index in [-0.39, 0.29) is 25.0 Å². The van der Waals surface area contributed by atoms with Crippen LogP contribution in [0.15, 0.2) is 48.5 Å². The molecule has 0 aliphatic heterocycles. The summed E-state index contributed by atoms with van der Waals surface area (Å²) in [5.41, 5.74) is 0. The molecule has 0 atom stereocenters. The van der Waals surface area contributed by atoms with Crippen molar-refractivity contribution in [3.63, 3.8) is 0 Å². The van der Waals surface area contributed by atoms with Crippen molar-refractivity contribution >= 4 is 35.0 Å². The van der Waals surface area contributed by atoms with E-state index in [0.29, 0.717) is 34.6 Å². The SMILES string of the molecule is O=C(COc1ccc(Cl)cc1)NCCCCCCNC(=O)COc1ccc(Cl)cc1. The molecule has 30 heavy (non-hydrogen) atoms. The minimum atomic E-state index is -0.155. The monoisotopic (exact) mass is 452 g/mol. The van der Waals surface area contributed by atoms with Gasteiger partial charge in [0.05, 0.1) is 0 Å². The van der Waals surface area contributed by atoms with Crippen LogP contribution in [0.25, 0.3) is 0 Å². The van der Waals surface area contributed by atoms with Gasteiger partial charge < -0.3 is 20.1 Å². The van der Waals surface area contributed by atoms with Crippen LogP contribution >= 0.6 is 23.2 Å². The summed E-state index contributed by atoms with van der Waals surface area (Å²) < 4.78 is 10.8. The number of hydrogen-bond acceptors (Lipinski definition) is 4. The van der Waals surface area contributed by atoms with Crippen molar-refractivity contribution in [3.8, 4) is 11.5 Å². The minimum Gasteiger partial charge on any atom is -0.484 e. The van der Waals surface area contributed by atoms with Crippen LogP contribution in [0, 0.1) is 0 Å². The van der Waals surface area contributed by atoms with Gasteiger partial charge >= 0.3 is 0 Å². The Morgan fingerprint density at radius 2 is 1.00 bits per heavy atom. The van der Waals surface area contributed by atoms with Crippen LogP contribution in [0.4, 0.5) is 0 Å². The first-order valence-electron chi connectivity index (χ1n) is 9.83. The van der Waals surface area contributed by atoms with Crippen LogP contribution in [-0.2, 0) is 9.59 Å². The fraction of sp³-hybridized carbons (Fsp3) is 0.364. The second-order valence-electron chi connectivity index (χ2n) is 6.60. The lowest BCUT2D eigenvalue weighted by molar-refractivity contribution is -0.123. The number of nitrogens with one attached hydrogen (secondary N) is 2. The van der Waals surface area contributed by atoms with Gasteiger partial charge in [-0.25, -0.2) is 0 Å². The maximum atomic E-state index is 11.7. The van der Waals surface area contributed by atoms with E-state index in [1.807, 2.05) is 0 Å². The van der Waals surface area contributed by atoms with E-state index in [2.05, 4.69) is 10.6 Å². The van der Waals surface area contributed by atoms with Gasteiger partial charge in [0.25, 0.3) is 11.8 Å². The van der Waals surface area contributed by atoms with Gasteiger partial charge in [0.2, 0.25) is 0 Å². The molecule has 0 heterocycles. The molecule has 6 nitrogen and oxygen atoms in total. The molecule has 2 aromatic rings. The molecular formula is C22H26Cl2N2O4. The first kappa shape index (κ1) is 23.8. The molecule has 0 bridgehead atoms. The smallest absolute Gasteiger partial charge is 0.257 e. The molecule has 2 amide bonds. The quantitative estimate of drug-likeness (QED) is 0.445. The summed E-state index contributed by atoms with van der Waals surface area (Å²) in [5.74, 6) is 0.904. The number of benzene rings is 2. The number of amides is 2. The number of hydrogen-bond donors (Lipinski definition) is 2. The Labute approximate surface area is 186 Å². The molecule has 0 saturated heterocycles. The Morgan fingerprint density at radius 3 is 1.37 bits per heavy atom. The zero-order valence-electron chi connectivity index (χ0n) is 16.7. The summed E-state index contributed by atoms with van der Waals surface area (Å²) in [6.07, 6.45) is 3.69. The molecule has 0 fully saturated rings. The average molecular weight is 453 g/mol. The van der Waals surface area contributed by atoms with Gasteiger partial charge in [-0.1, -0.05) is 36.0 Å². The number of ether oxygens (including phenoxy) is 2. The fourth-order valence-corrected chi connectivity index (χ4v) is 2.77. The molecule has 162 valence electrons. The van der Waals surface area contributed by atoms with Gasteiger partial charge in [-0.2, -0.15) is 0 Å². The molecule has 0 spiro atoms. The summed E-state index contributed by atoms with van der Waals surface area (Å²) in [4.78, 5) is 23.5. The minimum absolute atomic E-state index is 0.0221. The molecule has 0 aromatic heterocycles. The molecule has 0 unspecified atom stereocenters. The summed E-state index contributed by atoms with van der Waals surface area (Å²) in [6.45, 7) is 1.16. The van der Waals surface area contributed by atoms with Crippen LogP contribution in [-0.4, -0.2) is 38.1 Å². The predicted octanol–water partition coefficient (Wildman–Crippen LogP) is 4.24. The molecule has 0 radical (unpaired) electrons. The topological polar surface area (TPSA) is 76.7 Å². The highest BCUT2D eigenvalue weighted by Gasteiger charge is 2.04. The van der Waals surface area contributed by atoms with E-state index in [1.54, 1.807) is 48.5 Å². The van der Waals surface area contributed by atoms with Crippen molar-refractivity contribution in [1.29, 1.82) is 0 Å². The molecule has 2 rings (SSSR count). The highest BCUT2D eigenvalue weighted by atomic mass is 35.5. The second kappa shape index (κ2) is 13.7. The average Bonchev–Trinajstić information content (AvgIpc) is 2.74. The normalized spacial score (nSPS) is 10.3. The van der Waals surface area contributed by atoms with Gasteiger partial charge in [-0.15, -0.1) is 0 Å². The van der Waals surface area contributed by atoms with E-state index in [4.69, 9.17) is 32.7 Å². The molecule has 0 aliphatic rings. The standard InChI is InChI=1S/C22H26Cl2N2O4/c23-17-5-9-19(10-6-17)29-15-21(27)25-13-3-1-2-4-14-26-22(28)16-30-20-11-7-18(24)8-12-20/h5-12H,1-4,13-16H2,(H,25,27)(H,26,28). The molecule has 0 saturated carbocycles. The van der Waals surface area contributed by atoms with E-state index in [0.717, 1.165) is 25.7 Å². The Hall–Kier alpha value is -2.44. The van der Waals surface area contributed by atoms with Gasteiger partial charge in [0, 0.05) is 23.1 Å². The summed E-state index contributed by atoms with van der Waals surface area (Å²) in [6, 6.07) is 13.7. The zero-order chi connectivity index (χ0) is 21.6. The Morgan fingerprint density at radius 1 is 0.633 bits per heavy atom. The van der Waals surface area contributed by atoms with E-state index >= 15 is 0 Å². The second-order valence-corrected chi connectivity index (χ2v) is 7.47. The highest BCUT2D eigenvalue weighted by Crippen LogP contribution is 2.16.